The molecule has 0 spiro atoms. The Morgan fingerprint density at radius 3 is 2.40 bits per heavy atom. The van der Waals surface area contributed by atoms with Crippen LogP contribution >= 0.6 is 11.6 Å². The molecule has 0 amide bonds. The van der Waals surface area contributed by atoms with Gasteiger partial charge in [0.1, 0.15) is 10.6 Å². The van der Waals surface area contributed by atoms with Crippen LogP contribution in [0.25, 0.3) is 0 Å². The number of rotatable bonds is 5. The minimum absolute atomic E-state index is 0.187. The SMILES string of the molecule is CCOc1ccc(NS(=O)(=O)c2c(C)nn(C(C)(C)C)c2C)cc1Cl. The summed E-state index contributed by atoms with van der Waals surface area (Å²) in [6, 6.07) is 4.79. The van der Waals surface area contributed by atoms with E-state index in [4.69, 9.17) is 16.3 Å². The minimum atomic E-state index is -3.79. The number of hydrogen-bond donors (Lipinski definition) is 1. The summed E-state index contributed by atoms with van der Waals surface area (Å²) in [6.07, 6.45) is 0. The fraction of sp³-hybridized carbons (Fsp3) is 0.471. The van der Waals surface area contributed by atoms with E-state index in [1.165, 1.54) is 6.07 Å². The molecule has 1 N–H and O–H groups in total. The van der Waals surface area contributed by atoms with Gasteiger partial charge in [-0.2, -0.15) is 5.10 Å². The Morgan fingerprint density at radius 1 is 1.28 bits per heavy atom. The molecular weight excluding hydrogens is 362 g/mol. The van der Waals surface area contributed by atoms with Gasteiger partial charge < -0.3 is 4.74 Å². The molecular formula is C17H24ClN3O3S. The Morgan fingerprint density at radius 2 is 1.92 bits per heavy atom. The van der Waals surface area contributed by atoms with Gasteiger partial charge in [0.05, 0.1) is 34.2 Å². The van der Waals surface area contributed by atoms with Crippen molar-refractivity contribution in [3.63, 3.8) is 0 Å². The van der Waals surface area contributed by atoms with Gasteiger partial charge in [0.25, 0.3) is 10.0 Å². The van der Waals surface area contributed by atoms with E-state index >= 15 is 0 Å². The Bertz CT molecular complexity index is 883. The number of halogens is 1. The summed E-state index contributed by atoms with van der Waals surface area (Å²) < 4.78 is 35.4. The van der Waals surface area contributed by atoms with Crippen molar-refractivity contribution in [2.24, 2.45) is 0 Å². The molecule has 0 bridgehead atoms. The molecule has 25 heavy (non-hydrogen) atoms. The number of anilines is 1. The van der Waals surface area contributed by atoms with Crippen molar-refractivity contribution < 1.29 is 13.2 Å². The predicted octanol–water partition coefficient (Wildman–Crippen LogP) is 4.11. The molecule has 0 aliphatic heterocycles. The second kappa shape index (κ2) is 6.88. The summed E-state index contributed by atoms with van der Waals surface area (Å²) in [6.45, 7) is 11.7. The Balaban J connectivity index is 2.41. The topological polar surface area (TPSA) is 73.2 Å². The van der Waals surface area contributed by atoms with Crippen molar-refractivity contribution in [3.8, 4) is 5.75 Å². The number of hydrogen-bond acceptors (Lipinski definition) is 4. The number of nitrogens with one attached hydrogen (secondary N) is 1. The average molecular weight is 386 g/mol. The van der Waals surface area contributed by atoms with Gasteiger partial charge in [0.2, 0.25) is 0 Å². The van der Waals surface area contributed by atoms with Crippen molar-refractivity contribution in [2.75, 3.05) is 11.3 Å². The van der Waals surface area contributed by atoms with E-state index in [0.717, 1.165) is 0 Å². The van der Waals surface area contributed by atoms with Gasteiger partial charge in [-0.05, 0) is 59.7 Å². The zero-order chi connectivity index (χ0) is 19.0. The van der Waals surface area contributed by atoms with E-state index in [-0.39, 0.29) is 10.4 Å². The van der Waals surface area contributed by atoms with Gasteiger partial charge in [-0.3, -0.25) is 9.40 Å². The molecule has 0 saturated heterocycles. The van der Waals surface area contributed by atoms with Crippen molar-refractivity contribution >= 4 is 27.3 Å². The van der Waals surface area contributed by atoms with E-state index < -0.39 is 10.0 Å². The smallest absolute Gasteiger partial charge is 0.265 e. The molecule has 1 aromatic heterocycles. The van der Waals surface area contributed by atoms with Crippen LogP contribution < -0.4 is 9.46 Å². The molecule has 2 rings (SSSR count). The lowest BCUT2D eigenvalue weighted by Gasteiger charge is -2.21. The van der Waals surface area contributed by atoms with E-state index in [1.54, 1.807) is 30.7 Å². The van der Waals surface area contributed by atoms with Crippen LogP contribution in [0.5, 0.6) is 5.75 Å². The number of aryl methyl sites for hydroxylation is 1. The summed E-state index contributed by atoms with van der Waals surface area (Å²) in [7, 11) is -3.79. The average Bonchev–Trinajstić information content (AvgIpc) is 2.77. The molecule has 138 valence electrons. The van der Waals surface area contributed by atoms with Gasteiger partial charge in [-0.1, -0.05) is 11.6 Å². The van der Waals surface area contributed by atoms with Crippen molar-refractivity contribution in [3.05, 3.63) is 34.6 Å². The summed E-state index contributed by atoms with van der Waals surface area (Å²) in [5.41, 5.74) is 1.10. The minimum Gasteiger partial charge on any atom is -0.492 e. The second-order valence-corrected chi connectivity index (χ2v) is 8.79. The molecule has 0 saturated carbocycles. The maximum atomic E-state index is 12.9. The highest BCUT2D eigenvalue weighted by Crippen LogP contribution is 2.30. The van der Waals surface area contributed by atoms with E-state index in [9.17, 15) is 8.42 Å². The maximum absolute atomic E-state index is 12.9. The van der Waals surface area contributed by atoms with Crippen molar-refractivity contribution in [2.45, 2.75) is 52.0 Å². The van der Waals surface area contributed by atoms with Crippen LogP contribution in [0.3, 0.4) is 0 Å². The van der Waals surface area contributed by atoms with Crippen LogP contribution in [0.4, 0.5) is 5.69 Å². The van der Waals surface area contributed by atoms with Crippen LogP contribution in [0.15, 0.2) is 23.1 Å². The number of sulfonamides is 1. The molecule has 0 radical (unpaired) electrons. The third-order valence-electron chi connectivity index (χ3n) is 3.61. The lowest BCUT2D eigenvalue weighted by atomic mass is 10.1. The highest BCUT2D eigenvalue weighted by atomic mass is 35.5. The number of ether oxygens (including phenoxy) is 1. The Labute approximate surface area is 154 Å². The lowest BCUT2D eigenvalue weighted by molar-refractivity contribution is 0.340. The van der Waals surface area contributed by atoms with Gasteiger partial charge in [-0.25, -0.2) is 8.42 Å². The third-order valence-corrected chi connectivity index (χ3v) is 5.54. The lowest BCUT2D eigenvalue weighted by Crippen LogP contribution is -2.25. The standard InChI is InChI=1S/C17H24ClN3O3S/c1-7-24-15-9-8-13(10-14(15)18)20-25(22,23)16-11(2)19-21(12(16)3)17(4,5)6/h8-10,20H,7H2,1-6H3. The Hall–Kier alpha value is -1.73. The van der Waals surface area contributed by atoms with Crippen LogP contribution in [-0.2, 0) is 15.6 Å². The van der Waals surface area contributed by atoms with E-state index in [2.05, 4.69) is 9.82 Å². The van der Waals surface area contributed by atoms with Crippen molar-refractivity contribution in [1.82, 2.24) is 9.78 Å². The zero-order valence-electron chi connectivity index (χ0n) is 15.3. The van der Waals surface area contributed by atoms with Crippen LogP contribution in [-0.4, -0.2) is 24.8 Å². The zero-order valence-corrected chi connectivity index (χ0v) is 16.9. The van der Waals surface area contributed by atoms with Crippen LogP contribution in [0, 0.1) is 13.8 Å². The summed E-state index contributed by atoms with van der Waals surface area (Å²) >= 11 is 6.13. The predicted molar refractivity (Wildman–Crippen MR) is 100 cm³/mol. The van der Waals surface area contributed by atoms with Crippen molar-refractivity contribution in [1.29, 1.82) is 0 Å². The molecule has 0 aliphatic carbocycles. The van der Waals surface area contributed by atoms with E-state index in [0.29, 0.717) is 34.5 Å². The number of aromatic nitrogens is 2. The first-order valence-corrected chi connectivity index (χ1v) is 9.85. The Kier molecular flexibility index (Phi) is 5.39. The van der Waals surface area contributed by atoms with Gasteiger partial charge in [-0.15, -0.1) is 0 Å². The summed E-state index contributed by atoms with van der Waals surface area (Å²) in [5, 5.41) is 4.74. The first-order chi connectivity index (χ1) is 11.5. The van der Waals surface area contributed by atoms with Crippen LogP contribution in [0.2, 0.25) is 5.02 Å². The molecule has 1 heterocycles. The molecule has 0 aliphatic rings. The van der Waals surface area contributed by atoms with E-state index in [1.807, 2.05) is 27.7 Å². The molecule has 1 aromatic carbocycles. The second-order valence-electron chi connectivity index (χ2n) is 6.77. The maximum Gasteiger partial charge on any atom is 0.265 e. The van der Waals surface area contributed by atoms with Gasteiger partial charge in [0.15, 0.2) is 0 Å². The van der Waals surface area contributed by atoms with Gasteiger partial charge in [0, 0.05) is 0 Å². The van der Waals surface area contributed by atoms with Gasteiger partial charge >= 0.3 is 0 Å². The largest absolute Gasteiger partial charge is 0.492 e. The third kappa shape index (κ3) is 4.10. The highest BCUT2D eigenvalue weighted by molar-refractivity contribution is 7.92. The molecule has 8 heteroatoms. The first-order valence-electron chi connectivity index (χ1n) is 7.99. The molecule has 6 nitrogen and oxygen atoms in total. The number of benzene rings is 1. The summed E-state index contributed by atoms with van der Waals surface area (Å²) in [4.78, 5) is 0.187. The number of nitrogens with zero attached hydrogens (tertiary/aromatic N) is 2. The fourth-order valence-electron chi connectivity index (χ4n) is 2.71. The molecule has 0 atom stereocenters. The molecule has 2 aromatic rings. The molecule has 0 fully saturated rings. The highest BCUT2D eigenvalue weighted by Gasteiger charge is 2.28. The normalized spacial score (nSPS) is 12.3. The monoisotopic (exact) mass is 385 g/mol. The molecule has 0 unspecified atom stereocenters. The quantitative estimate of drug-likeness (QED) is 0.840. The van der Waals surface area contributed by atoms with Crippen LogP contribution in [0.1, 0.15) is 39.1 Å². The summed E-state index contributed by atoms with van der Waals surface area (Å²) in [5.74, 6) is 0.514. The fourth-order valence-corrected chi connectivity index (χ4v) is 4.39. The first kappa shape index (κ1) is 19.6.